The molecule has 0 aromatic carbocycles. The summed E-state index contributed by atoms with van der Waals surface area (Å²) in [7, 11) is 0. The zero-order valence-corrected chi connectivity index (χ0v) is 5.69. The van der Waals surface area contributed by atoms with Gasteiger partial charge in [-0.25, -0.2) is 0 Å². The van der Waals surface area contributed by atoms with Gasteiger partial charge in [0.2, 0.25) is 0 Å². The molecule has 0 aromatic heterocycles. The zero-order valence-electron chi connectivity index (χ0n) is 5.69. The summed E-state index contributed by atoms with van der Waals surface area (Å²) in [6.07, 6.45) is 9.50. The first-order chi connectivity index (χ1) is 3.93. The molecule has 1 fully saturated rings. The van der Waals surface area contributed by atoms with Gasteiger partial charge in [0.15, 0.2) is 0 Å². The summed E-state index contributed by atoms with van der Waals surface area (Å²) < 4.78 is 0. The van der Waals surface area contributed by atoms with Crippen molar-refractivity contribution in [2.24, 2.45) is 5.92 Å². The lowest BCUT2D eigenvalue weighted by molar-refractivity contribution is 0.748. The second-order valence-corrected chi connectivity index (χ2v) is 2.76. The van der Waals surface area contributed by atoms with Crippen LogP contribution in [0.25, 0.3) is 0 Å². The highest BCUT2D eigenvalue weighted by Crippen LogP contribution is 2.33. The smallest absolute Gasteiger partial charge is 0.0383 e. The van der Waals surface area contributed by atoms with E-state index in [-0.39, 0.29) is 0 Å². The lowest BCUT2D eigenvalue weighted by atomic mass is 10.1. The van der Waals surface area contributed by atoms with E-state index in [2.05, 4.69) is 13.3 Å². The van der Waals surface area contributed by atoms with Gasteiger partial charge in [-0.1, -0.05) is 32.6 Å². The van der Waals surface area contributed by atoms with E-state index in [0.29, 0.717) is 0 Å². The van der Waals surface area contributed by atoms with Gasteiger partial charge in [0.25, 0.3) is 0 Å². The van der Waals surface area contributed by atoms with Crippen LogP contribution in [0.15, 0.2) is 0 Å². The standard InChI is InChI=1S/C8H15/c1-2-3-4-5-8-6-7-8/h4,8H,2-3,5-7H2,1H3. The minimum Gasteiger partial charge on any atom is -0.0654 e. The third-order valence-electron chi connectivity index (χ3n) is 1.69. The van der Waals surface area contributed by atoms with Gasteiger partial charge in [0.05, 0.1) is 0 Å². The van der Waals surface area contributed by atoms with E-state index < -0.39 is 0 Å². The van der Waals surface area contributed by atoms with Crippen LogP contribution in [0.1, 0.15) is 39.0 Å². The van der Waals surface area contributed by atoms with Gasteiger partial charge in [0.1, 0.15) is 0 Å². The van der Waals surface area contributed by atoms with Crippen molar-refractivity contribution in [3.8, 4) is 0 Å². The van der Waals surface area contributed by atoms with Gasteiger partial charge >= 0.3 is 0 Å². The topological polar surface area (TPSA) is 0 Å². The Morgan fingerprint density at radius 3 is 2.75 bits per heavy atom. The Hall–Kier alpha value is 0. The van der Waals surface area contributed by atoms with Crippen molar-refractivity contribution < 1.29 is 0 Å². The predicted molar refractivity (Wildman–Crippen MR) is 36.5 cm³/mol. The molecule has 0 atom stereocenters. The Kier molecular flexibility index (Phi) is 2.38. The van der Waals surface area contributed by atoms with Crippen LogP contribution in [0.4, 0.5) is 0 Å². The highest BCUT2D eigenvalue weighted by Gasteiger charge is 2.19. The summed E-state index contributed by atoms with van der Waals surface area (Å²) in [5, 5.41) is 0. The monoisotopic (exact) mass is 111 g/mol. The molecule has 47 valence electrons. The summed E-state index contributed by atoms with van der Waals surface area (Å²) in [4.78, 5) is 0. The number of hydrogen-bond acceptors (Lipinski definition) is 0. The second-order valence-electron chi connectivity index (χ2n) is 2.76. The third kappa shape index (κ3) is 2.34. The molecule has 0 nitrogen and oxygen atoms in total. The summed E-state index contributed by atoms with van der Waals surface area (Å²) in [5.74, 6) is 1.10. The van der Waals surface area contributed by atoms with Gasteiger partial charge in [-0.3, -0.25) is 0 Å². The molecule has 0 amide bonds. The molecular formula is C8H15. The normalized spacial score (nSPS) is 19.1. The lowest BCUT2D eigenvalue weighted by Crippen LogP contribution is -1.77. The van der Waals surface area contributed by atoms with Crippen LogP contribution in [-0.4, -0.2) is 0 Å². The van der Waals surface area contributed by atoms with Crippen molar-refractivity contribution in [1.29, 1.82) is 0 Å². The average molecular weight is 111 g/mol. The summed E-state index contributed by atoms with van der Waals surface area (Å²) in [6.45, 7) is 2.24. The van der Waals surface area contributed by atoms with Crippen LogP contribution < -0.4 is 0 Å². The number of hydrogen-bond donors (Lipinski definition) is 0. The Bertz CT molecular complexity index is 53.1. The van der Waals surface area contributed by atoms with E-state index in [1.165, 1.54) is 32.1 Å². The lowest BCUT2D eigenvalue weighted by Gasteiger charge is -1.92. The van der Waals surface area contributed by atoms with E-state index in [0.717, 1.165) is 5.92 Å². The first-order valence-electron chi connectivity index (χ1n) is 3.75. The molecule has 1 saturated carbocycles. The minimum absolute atomic E-state index is 1.10. The van der Waals surface area contributed by atoms with Crippen LogP contribution in [0.2, 0.25) is 0 Å². The fourth-order valence-corrected chi connectivity index (χ4v) is 0.911. The highest BCUT2D eigenvalue weighted by atomic mass is 14.2. The molecule has 0 spiro atoms. The summed E-state index contributed by atoms with van der Waals surface area (Å²) in [5.41, 5.74) is 0. The molecule has 1 radical (unpaired) electrons. The molecule has 1 aliphatic carbocycles. The minimum atomic E-state index is 1.10. The number of unbranched alkanes of at least 4 members (excludes halogenated alkanes) is 2. The molecule has 1 rings (SSSR count). The van der Waals surface area contributed by atoms with Crippen molar-refractivity contribution >= 4 is 0 Å². The van der Waals surface area contributed by atoms with E-state index in [4.69, 9.17) is 0 Å². The highest BCUT2D eigenvalue weighted by molar-refractivity contribution is 4.79. The van der Waals surface area contributed by atoms with Crippen LogP contribution in [0.5, 0.6) is 0 Å². The molecule has 0 aliphatic heterocycles. The first kappa shape index (κ1) is 6.12. The quantitative estimate of drug-likeness (QED) is 0.489. The third-order valence-corrected chi connectivity index (χ3v) is 1.69. The van der Waals surface area contributed by atoms with Crippen LogP contribution in [0.3, 0.4) is 0 Å². The van der Waals surface area contributed by atoms with Crippen molar-refractivity contribution in [2.75, 3.05) is 0 Å². The molecule has 0 bridgehead atoms. The first-order valence-corrected chi connectivity index (χ1v) is 3.75. The zero-order chi connectivity index (χ0) is 5.82. The Morgan fingerprint density at radius 2 is 2.25 bits per heavy atom. The largest absolute Gasteiger partial charge is 0.0654 e. The predicted octanol–water partition coefficient (Wildman–Crippen LogP) is 2.79. The van der Waals surface area contributed by atoms with E-state index in [1.54, 1.807) is 0 Å². The van der Waals surface area contributed by atoms with Crippen molar-refractivity contribution in [1.82, 2.24) is 0 Å². The maximum absolute atomic E-state index is 2.44. The summed E-state index contributed by atoms with van der Waals surface area (Å²) in [6, 6.07) is 0. The van der Waals surface area contributed by atoms with Crippen molar-refractivity contribution in [2.45, 2.75) is 39.0 Å². The molecule has 0 unspecified atom stereocenters. The maximum atomic E-state index is 2.44. The van der Waals surface area contributed by atoms with Gasteiger partial charge < -0.3 is 0 Å². The Balaban J connectivity index is 1.74. The SMILES string of the molecule is CCC[CH]CC1CC1. The van der Waals surface area contributed by atoms with E-state index in [1.807, 2.05) is 0 Å². The molecule has 8 heavy (non-hydrogen) atoms. The van der Waals surface area contributed by atoms with Gasteiger partial charge in [-0.15, -0.1) is 0 Å². The second kappa shape index (κ2) is 3.11. The van der Waals surface area contributed by atoms with Crippen molar-refractivity contribution in [3.63, 3.8) is 0 Å². The molecule has 0 N–H and O–H groups in total. The Labute approximate surface area is 52.3 Å². The molecule has 0 aromatic rings. The van der Waals surface area contributed by atoms with Crippen LogP contribution in [-0.2, 0) is 0 Å². The van der Waals surface area contributed by atoms with E-state index >= 15 is 0 Å². The van der Waals surface area contributed by atoms with E-state index in [9.17, 15) is 0 Å². The van der Waals surface area contributed by atoms with Gasteiger partial charge in [-0.05, 0) is 18.8 Å². The fraction of sp³-hybridized carbons (Fsp3) is 0.875. The van der Waals surface area contributed by atoms with Crippen LogP contribution >= 0.6 is 0 Å². The molecular weight excluding hydrogens is 96.1 g/mol. The maximum Gasteiger partial charge on any atom is -0.0383 e. The van der Waals surface area contributed by atoms with Crippen LogP contribution in [0, 0.1) is 12.3 Å². The van der Waals surface area contributed by atoms with Crippen molar-refractivity contribution in [3.05, 3.63) is 6.42 Å². The fourth-order valence-electron chi connectivity index (χ4n) is 0.911. The Morgan fingerprint density at radius 1 is 1.50 bits per heavy atom. The molecule has 0 heteroatoms. The summed E-state index contributed by atoms with van der Waals surface area (Å²) >= 11 is 0. The van der Waals surface area contributed by atoms with Gasteiger partial charge in [0, 0.05) is 0 Å². The van der Waals surface area contributed by atoms with Gasteiger partial charge in [-0.2, -0.15) is 0 Å². The molecule has 0 saturated heterocycles. The molecule has 0 heterocycles. The molecule has 1 aliphatic rings. The average Bonchev–Trinajstić information content (AvgIpc) is 2.51. The number of rotatable bonds is 4.